The molecule has 0 radical (unpaired) electrons. The Balaban J connectivity index is 1.32. The standard InChI is InChI=1S/C22H21ClN2O4S/c1-15-4-5-17(23)19(11-15)29-13-16-12-20(30-14-16)22(27)25-8-6-24(7-9-25)21(26)18-3-2-10-28-18/h2-5,10-12,14H,6-9,13H2,1H3. The zero-order valence-electron chi connectivity index (χ0n) is 16.5. The summed E-state index contributed by atoms with van der Waals surface area (Å²) in [6, 6.07) is 10.8. The van der Waals surface area contributed by atoms with Gasteiger partial charge in [0.1, 0.15) is 12.4 Å². The van der Waals surface area contributed by atoms with Crippen LogP contribution in [-0.4, -0.2) is 47.8 Å². The maximum atomic E-state index is 12.8. The van der Waals surface area contributed by atoms with E-state index in [4.69, 9.17) is 20.8 Å². The highest BCUT2D eigenvalue weighted by atomic mass is 35.5. The van der Waals surface area contributed by atoms with Crippen molar-refractivity contribution in [2.24, 2.45) is 0 Å². The Morgan fingerprint density at radius 1 is 1.10 bits per heavy atom. The highest BCUT2D eigenvalue weighted by molar-refractivity contribution is 7.12. The van der Waals surface area contributed by atoms with Gasteiger partial charge in [-0.25, -0.2) is 0 Å². The molecule has 6 nitrogen and oxygen atoms in total. The van der Waals surface area contributed by atoms with Gasteiger partial charge in [-0.05, 0) is 48.2 Å². The first-order valence-corrected chi connectivity index (χ1v) is 10.9. The highest BCUT2D eigenvalue weighted by Gasteiger charge is 2.27. The van der Waals surface area contributed by atoms with Gasteiger partial charge in [-0.1, -0.05) is 17.7 Å². The van der Waals surface area contributed by atoms with Gasteiger partial charge in [0.25, 0.3) is 11.8 Å². The lowest BCUT2D eigenvalue weighted by Crippen LogP contribution is -2.50. The normalized spacial score (nSPS) is 14.1. The summed E-state index contributed by atoms with van der Waals surface area (Å²) in [4.78, 5) is 29.3. The van der Waals surface area contributed by atoms with E-state index >= 15 is 0 Å². The number of hydrogen-bond acceptors (Lipinski definition) is 5. The average molecular weight is 445 g/mol. The molecule has 0 spiro atoms. The number of carbonyl (C=O) groups excluding carboxylic acids is 2. The number of benzene rings is 1. The van der Waals surface area contributed by atoms with Crippen LogP contribution in [0.1, 0.15) is 31.4 Å². The second kappa shape index (κ2) is 8.93. The van der Waals surface area contributed by atoms with Crippen LogP contribution in [0.5, 0.6) is 5.75 Å². The smallest absolute Gasteiger partial charge is 0.289 e. The van der Waals surface area contributed by atoms with Crippen molar-refractivity contribution in [3.8, 4) is 5.75 Å². The number of hydrogen-bond donors (Lipinski definition) is 0. The molecule has 1 fully saturated rings. The summed E-state index contributed by atoms with van der Waals surface area (Å²) >= 11 is 7.57. The largest absolute Gasteiger partial charge is 0.487 e. The van der Waals surface area contributed by atoms with Gasteiger partial charge < -0.3 is 19.0 Å². The topological polar surface area (TPSA) is 63.0 Å². The molecular weight excluding hydrogens is 424 g/mol. The molecule has 1 aromatic carbocycles. The quantitative estimate of drug-likeness (QED) is 0.582. The number of thiophene rings is 1. The number of piperazine rings is 1. The zero-order valence-corrected chi connectivity index (χ0v) is 18.0. The van der Waals surface area contributed by atoms with Gasteiger partial charge in [0.2, 0.25) is 0 Å². The van der Waals surface area contributed by atoms with Crippen molar-refractivity contribution in [3.63, 3.8) is 0 Å². The molecule has 1 aliphatic rings. The molecule has 0 unspecified atom stereocenters. The van der Waals surface area contributed by atoms with Gasteiger partial charge in [0, 0.05) is 31.7 Å². The molecule has 3 heterocycles. The zero-order chi connectivity index (χ0) is 21.1. The fourth-order valence-electron chi connectivity index (χ4n) is 3.27. The Hall–Kier alpha value is -2.77. The lowest BCUT2D eigenvalue weighted by molar-refractivity contribution is 0.0520. The highest BCUT2D eigenvalue weighted by Crippen LogP contribution is 2.27. The van der Waals surface area contributed by atoms with Gasteiger partial charge >= 0.3 is 0 Å². The van der Waals surface area contributed by atoms with Crippen molar-refractivity contribution < 1.29 is 18.7 Å². The molecular formula is C22H21ClN2O4S. The molecule has 2 aromatic heterocycles. The number of carbonyl (C=O) groups is 2. The third-order valence-electron chi connectivity index (χ3n) is 4.93. The molecule has 3 aromatic rings. The Morgan fingerprint density at radius 3 is 2.53 bits per heavy atom. The Bertz CT molecular complexity index is 1040. The van der Waals surface area contributed by atoms with Crippen molar-refractivity contribution in [1.82, 2.24) is 9.80 Å². The summed E-state index contributed by atoms with van der Waals surface area (Å²) in [7, 11) is 0. The fourth-order valence-corrected chi connectivity index (χ4v) is 4.31. The molecule has 0 saturated carbocycles. The van der Waals surface area contributed by atoms with E-state index in [0.29, 0.717) is 54.2 Å². The molecule has 0 N–H and O–H groups in total. The first-order chi connectivity index (χ1) is 14.5. The Morgan fingerprint density at radius 2 is 1.83 bits per heavy atom. The van der Waals surface area contributed by atoms with Crippen molar-refractivity contribution in [2.75, 3.05) is 26.2 Å². The van der Waals surface area contributed by atoms with E-state index in [2.05, 4.69) is 0 Å². The molecule has 4 rings (SSSR count). The van der Waals surface area contributed by atoms with Gasteiger partial charge in [-0.2, -0.15) is 0 Å². The number of halogens is 1. The van der Waals surface area contributed by atoms with Crippen molar-refractivity contribution >= 4 is 34.8 Å². The molecule has 30 heavy (non-hydrogen) atoms. The van der Waals surface area contributed by atoms with Crippen LogP contribution < -0.4 is 4.74 Å². The SMILES string of the molecule is Cc1ccc(Cl)c(OCc2csc(C(=O)N3CCN(C(=O)c4ccco4)CC3)c2)c1. The molecule has 1 aliphatic heterocycles. The molecule has 2 amide bonds. The maximum absolute atomic E-state index is 12.8. The Kier molecular flexibility index (Phi) is 6.11. The fraction of sp³-hybridized carbons (Fsp3) is 0.273. The van der Waals surface area contributed by atoms with Crippen molar-refractivity contribution in [1.29, 1.82) is 0 Å². The summed E-state index contributed by atoms with van der Waals surface area (Å²) in [5.74, 6) is 0.793. The number of aryl methyl sites for hydroxylation is 1. The number of nitrogens with zero attached hydrogens (tertiary/aromatic N) is 2. The Labute approximate surface area is 183 Å². The lowest BCUT2D eigenvalue weighted by atomic mass is 10.2. The molecule has 1 saturated heterocycles. The second-order valence-electron chi connectivity index (χ2n) is 7.10. The van der Waals surface area contributed by atoms with E-state index in [1.54, 1.807) is 21.9 Å². The first-order valence-electron chi connectivity index (χ1n) is 9.59. The van der Waals surface area contributed by atoms with Gasteiger partial charge in [0.05, 0.1) is 16.2 Å². The monoisotopic (exact) mass is 444 g/mol. The van der Waals surface area contributed by atoms with E-state index in [1.165, 1.54) is 17.6 Å². The summed E-state index contributed by atoms with van der Waals surface area (Å²) in [5, 5.41) is 2.49. The van der Waals surface area contributed by atoms with E-state index in [-0.39, 0.29) is 11.8 Å². The summed E-state index contributed by atoms with van der Waals surface area (Å²) in [5.41, 5.74) is 1.99. The number of amides is 2. The number of furan rings is 1. The summed E-state index contributed by atoms with van der Waals surface area (Å²) in [6.07, 6.45) is 1.48. The van der Waals surface area contributed by atoms with Crippen LogP contribution in [0.4, 0.5) is 0 Å². The minimum atomic E-state index is -0.141. The van der Waals surface area contributed by atoms with Crippen LogP contribution in [-0.2, 0) is 6.61 Å². The molecule has 0 aliphatic carbocycles. The van der Waals surface area contributed by atoms with Gasteiger partial charge in [-0.15, -0.1) is 11.3 Å². The third kappa shape index (κ3) is 4.52. The molecule has 8 heteroatoms. The van der Waals surface area contributed by atoms with Crippen LogP contribution in [0.25, 0.3) is 0 Å². The predicted molar refractivity (Wildman–Crippen MR) is 115 cm³/mol. The maximum Gasteiger partial charge on any atom is 0.289 e. The minimum Gasteiger partial charge on any atom is -0.487 e. The van der Waals surface area contributed by atoms with Crippen molar-refractivity contribution in [3.05, 3.63) is 74.8 Å². The molecule has 0 bridgehead atoms. The van der Waals surface area contributed by atoms with Crippen molar-refractivity contribution in [2.45, 2.75) is 13.5 Å². The van der Waals surface area contributed by atoms with E-state index < -0.39 is 0 Å². The van der Waals surface area contributed by atoms with Crippen LogP contribution in [0, 0.1) is 6.92 Å². The third-order valence-corrected chi connectivity index (χ3v) is 6.21. The summed E-state index contributed by atoms with van der Waals surface area (Å²) < 4.78 is 11.0. The number of ether oxygens (including phenoxy) is 1. The lowest BCUT2D eigenvalue weighted by Gasteiger charge is -2.34. The van der Waals surface area contributed by atoms with Gasteiger partial charge in [0.15, 0.2) is 5.76 Å². The second-order valence-corrected chi connectivity index (χ2v) is 8.42. The van der Waals surface area contributed by atoms with Crippen LogP contribution in [0.2, 0.25) is 5.02 Å². The first kappa shape index (κ1) is 20.5. The van der Waals surface area contributed by atoms with Crippen LogP contribution in [0.15, 0.2) is 52.5 Å². The van der Waals surface area contributed by atoms with E-state index in [0.717, 1.165) is 11.1 Å². The molecule has 0 atom stereocenters. The van der Waals surface area contributed by atoms with Crippen LogP contribution in [0.3, 0.4) is 0 Å². The van der Waals surface area contributed by atoms with E-state index in [1.807, 2.05) is 36.6 Å². The minimum absolute atomic E-state index is 0.0232. The van der Waals surface area contributed by atoms with Gasteiger partial charge in [-0.3, -0.25) is 9.59 Å². The predicted octanol–water partition coefficient (Wildman–Crippen LogP) is 4.48. The number of rotatable bonds is 5. The average Bonchev–Trinajstić information content (AvgIpc) is 3.46. The molecule has 156 valence electrons. The van der Waals surface area contributed by atoms with Crippen LogP contribution >= 0.6 is 22.9 Å². The van der Waals surface area contributed by atoms with E-state index in [9.17, 15) is 9.59 Å². The summed E-state index contributed by atoms with van der Waals surface area (Å²) in [6.45, 7) is 4.28.